The summed E-state index contributed by atoms with van der Waals surface area (Å²) in [5.74, 6) is -0.426. The van der Waals surface area contributed by atoms with E-state index in [0.29, 0.717) is 11.1 Å². The van der Waals surface area contributed by atoms with Gasteiger partial charge < -0.3 is 5.11 Å². The third-order valence-corrected chi connectivity index (χ3v) is 4.24. The Morgan fingerprint density at radius 2 is 1.12 bits per heavy atom. The number of benzene rings is 3. The van der Waals surface area contributed by atoms with Crippen LogP contribution in [0.25, 0.3) is 5.76 Å². The first kappa shape index (κ1) is 16.7. The van der Waals surface area contributed by atoms with Crippen molar-refractivity contribution in [3.05, 3.63) is 113 Å². The number of carbonyl (C=O) groups is 1. The fourth-order valence-corrected chi connectivity index (χ4v) is 3.08. The van der Waals surface area contributed by atoms with E-state index >= 15 is 0 Å². The molecule has 0 aliphatic heterocycles. The van der Waals surface area contributed by atoms with Crippen molar-refractivity contribution in [1.29, 1.82) is 0 Å². The van der Waals surface area contributed by atoms with E-state index < -0.39 is 0 Å². The molecule has 0 amide bonds. The molecule has 124 valence electrons. The molecule has 0 bridgehead atoms. The summed E-state index contributed by atoms with van der Waals surface area (Å²) in [5.41, 5.74) is 3.00. The van der Waals surface area contributed by atoms with Crippen LogP contribution in [0.15, 0.2) is 96.6 Å². The van der Waals surface area contributed by atoms with E-state index in [1.165, 1.54) is 6.92 Å². The largest absolute Gasteiger partial charge is 0.507 e. The Morgan fingerprint density at radius 1 is 0.720 bits per heavy atom. The molecule has 0 aliphatic rings. The van der Waals surface area contributed by atoms with Crippen LogP contribution in [0.4, 0.5) is 0 Å². The van der Waals surface area contributed by atoms with Crippen LogP contribution in [-0.4, -0.2) is 10.9 Å². The second kappa shape index (κ2) is 7.63. The van der Waals surface area contributed by atoms with Gasteiger partial charge in [0.2, 0.25) is 0 Å². The van der Waals surface area contributed by atoms with Gasteiger partial charge in [0.15, 0.2) is 5.78 Å². The lowest BCUT2D eigenvalue weighted by Crippen LogP contribution is -2.13. The molecule has 0 unspecified atom stereocenters. The Kier molecular flexibility index (Phi) is 5.10. The molecule has 25 heavy (non-hydrogen) atoms. The maximum absolute atomic E-state index is 12.5. The molecule has 2 heteroatoms. The number of Topliss-reactive ketones (excluding diaryl/α,β-unsaturated/α-hetero) is 1. The Labute approximate surface area is 148 Å². The van der Waals surface area contributed by atoms with Crippen molar-refractivity contribution >= 4 is 11.5 Å². The third kappa shape index (κ3) is 3.69. The van der Waals surface area contributed by atoms with Gasteiger partial charge in [0.1, 0.15) is 5.76 Å². The number of allylic oxidation sites excluding steroid dienone is 1. The highest BCUT2D eigenvalue weighted by atomic mass is 16.3. The highest BCUT2D eigenvalue weighted by Gasteiger charge is 2.26. The summed E-state index contributed by atoms with van der Waals surface area (Å²) in [7, 11) is 0. The zero-order valence-electron chi connectivity index (χ0n) is 14.1. The maximum Gasteiger partial charge on any atom is 0.160 e. The van der Waals surface area contributed by atoms with Crippen molar-refractivity contribution in [2.45, 2.75) is 12.8 Å². The second-order valence-electron chi connectivity index (χ2n) is 5.94. The first-order valence-electron chi connectivity index (χ1n) is 8.28. The summed E-state index contributed by atoms with van der Waals surface area (Å²) in [4.78, 5) is 12.5. The van der Waals surface area contributed by atoms with E-state index in [0.717, 1.165) is 11.1 Å². The van der Waals surface area contributed by atoms with Crippen LogP contribution in [-0.2, 0) is 4.79 Å². The number of hydrogen-bond acceptors (Lipinski definition) is 2. The van der Waals surface area contributed by atoms with Gasteiger partial charge in [0.25, 0.3) is 0 Å². The van der Waals surface area contributed by atoms with Crippen LogP contribution >= 0.6 is 0 Å². The van der Waals surface area contributed by atoms with Gasteiger partial charge >= 0.3 is 0 Å². The molecule has 1 N–H and O–H groups in total. The van der Waals surface area contributed by atoms with Crippen molar-refractivity contribution in [2.75, 3.05) is 0 Å². The van der Waals surface area contributed by atoms with Crippen LogP contribution < -0.4 is 0 Å². The van der Waals surface area contributed by atoms with E-state index in [2.05, 4.69) is 0 Å². The number of aliphatic hydroxyl groups excluding tert-OH is 1. The maximum atomic E-state index is 12.5. The number of carbonyl (C=O) groups excluding carboxylic acids is 1. The molecule has 0 heterocycles. The second-order valence-corrected chi connectivity index (χ2v) is 5.94. The molecular weight excluding hydrogens is 308 g/mol. The average Bonchev–Trinajstić information content (AvgIpc) is 2.67. The fourth-order valence-electron chi connectivity index (χ4n) is 3.08. The van der Waals surface area contributed by atoms with Crippen LogP contribution in [0.5, 0.6) is 0 Å². The summed E-state index contributed by atoms with van der Waals surface area (Å²) in [6, 6.07) is 28.8. The van der Waals surface area contributed by atoms with Gasteiger partial charge in [0.05, 0.1) is 0 Å². The predicted octanol–water partition coefficient (Wildman–Crippen LogP) is 5.38. The minimum Gasteiger partial charge on any atom is -0.507 e. The van der Waals surface area contributed by atoms with Crippen LogP contribution in [0, 0.1) is 0 Å². The van der Waals surface area contributed by atoms with Gasteiger partial charge in [0, 0.05) is 17.1 Å². The van der Waals surface area contributed by atoms with Gasteiger partial charge in [-0.2, -0.15) is 0 Å². The third-order valence-electron chi connectivity index (χ3n) is 4.24. The monoisotopic (exact) mass is 328 g/mol. The molecule has 0 fully saturated rings. The van der Waals surface area contributed by atoms with Gasteiger partial charge in [-0.25, -0.2) is 0 Å². The van der Waals surface area contributed by atoms with Gasteiger partial charge in [-0.3, -0.25) is 4.79 Å². The number of hydrogen-bond donors (Lipinski definition) is 1. The number of aliphatic hydroxyl groups is 1. The van der Waals surface area contributed by atoms with E-state index in [1.807, 2.05) is 91.0 Å². The first-order chi connectivity index (χ1) is 12.2. The molecule has 0 aliphatic carbocycles. The molecule has 0 spiro atoms. The lowest BCUT2D eigenvalue weighted by atomic mass is 9.81. The van der Waals surface area contributed by atoms with Crippen molar-refractivity contribution in [3.63, 3.8) is 0 Å². The van der Waals surface area contributed by atoms with E-state index in [4.69, 9.17) is 0 Å². The molecule has 0 aromatic heterocycles. The lowest BCUT2D eigenvalue weighted by Gasteiger charge is -2.21. The lowest BCUT2D eigenvalue weighted by molar-refractivity contribution is -0.113. The van der Waals surface area contributed by atoms with E-state index in [-0.39, 0.29) is 17.5 Å². The molecule has 2 nitrogen and oxygen atoms in total. The van der Waals surface area contributed by atoms with Crippen molar-refractivity contribution in [2.24, 2.45) is 0 Å². The first-order valence-corrected chi connectivity index (χ1v) is 8.28. The van der Waals surface area contributed by atoms with Crippen LogP contribution in [0.3, 0.4) is 0 Å². The summed E-state index contributed by atoms with van der Waals surface area (Å²) in [5, 5.41) is 10.9. The molecule has 3 rings (SSSR count). The van der Waals surface area contributed by atoms with Gasteiger partial charge in [-0.05, 0) is 18.1 Å². The smallest absolute Gasteiger partial charge is 0.160 e. The van der Waals surface area contributed by atoms with Gasteiger partial charge in [-0.1, -0.05) is 91.0 Å². The highest BCUT2D eigenvalue weighted by Crippen LogP contribution is 2.36. The SMILES string of the molecule is CC(=O)/C(=C(/O)c1ccccc1)C(c1ccccc1)c1ccccc1. The highest BCUT2D eigenvalue weighted by molar-refractivity contribution is 6.01. The molecule has 0 atom stereocenters. The zero-order valence-corrected chi connectivity index (χ0v) is 14.1. The number of rotatable bonds is 5. The number of ketones is 1. The van der Waals surface area contributed by atoms with E-state index in [9.17, 15) is 9.90 Å². The summed E-state index contributed by atoms with van der Waals surface area (Å²) >= 11 is 0. The minimum absolute atomic E-state index is 0.0332. The summed E-state index contributed by atoms with van der Waals surface area (Å²) in [6.45, 7) is 1.51. The fraction of sp³-hybridized carbons (Fsp3) is 0.0870. The Balaban J connectivity index is 2.24. The normalized spacial score (nSPS) is 11.9. The van der Waals surface area contributed by atoms with Gasteiger partial charge in [-0.15, -0.1) is 0 Å². The molecule has 3 aromatic carbocycles. The zero-order chi connectivity index (χ0) is 17.6. The van der Waals surface area contributed by atoms with Crippen molar-refractivity contribution in [1.82, 2.24) is 0 Å². The van der Waals surface area contributed by atoms with E-state index in [1.54, 1.807) is 0 Å². The summed E-state index contributed by atoms with van der Waals surface area (Å²) in [6.07, 6.45) is 0. The standard InChI is InChI=1S/C23H20O2/c1-17(24)21(23(25)20-15-9-4-10-16-20)22(18-11-5-2-6-12-18)19-13-7-3-8-14-19/h2-16,22,25H,1H3/b23-21-. The Hall–Kier alpha value is -3.13. The molecular formula is C23H20O2. The molecule has 0 radical (unpaired) electrons. The molecule has 0 saturated carbocycles. The topological polar surface area (TPSA) is 37.3 Å². The van der Waals surface area contributed by atoms with Crippen molar-refractivity contribution in [3.8, 4) is 0 Å². The predicted molar refractivity (Wildman–Crippen MR) is 101 cm³/mol. The average molecular weight is 328 g/mol. The quantitative estimate of drug-likeness (QED) is 0.504. The Bertz CT molecular complexity index is 826. The molecule has 0 saturated heterocycles. The summed E-state index contributed by atoms with van der Waals surface area (Å²) < 4.78 is 0. The molecule has 3 aromatic rings. The minimum atomic E-state index is -0.319. The van der Waals surface area contributed by atoms with Crippen LogP contribution in [0.1, 0.15) is 29.5 Å². The van der Waals surface area contributed by atoms with Crippen LogP contribution in [0.2, 0.25) is 0 Å². The van der Waals surface area contributed by atoms with Crippen molar-refractivity contribution < 1.29 is 9.90 Å². The Morgan fingerprint density at radius 3 is 1.52 bits per heavy atom.